The van der Waals surface area contributed by atoms with Crippen LogP contribution in [0.5, 0.6) is 5.75 Å². The monoisotopic (exact) mass is 148 g/mol. The molecule has 1 rings (SSSR count). The Balaban J connectivity index is 2.92. The van der Waals surface area contributed by atoms with Crippen LogP contribution in [0.1, 0.15) is 12.5 Å². The van der Waals surface area contributed by atoms with E-state index in [1.165, 1.54) is 0 Å². The van der Waals surface area contributed by atoms with Gasteiger partial charge in [-0.05, 0) is 19.1 Å². The van der Waals surface area contributed by atoms with Crippen LogP contribution in [0.25, 0.3) is 0 Å². The summed E-state index contributed by atoms with van der Waals surface area (Å²) in [6.07, 6.45) is 1.05. The first-order valence-corrected chi connectivity index (χ1v) is 3.57. The predicted octanol–water partition coefficient (Wildman–Crippen LogP) is 1.30. The molecule has 0 unspecified atom stereocenters. The van der Waals surface area contributed by atoms with E-state index in [9.17, 15) is 0 Å². The van der Waals surface area contributed by atoms with Crippen LogP contribution in [0.15, 0.2) is 24.3 Å². The van der Waals surface area contributed by atoms with E-state index in [-0.39, 0.29) is 0 Å². The summed E-state index contributed by atoms with van der Waals surface area (Å²) in [5.74, 6) is 0.720. The fourth-order valence-corrected chi connectivity index (χ4v) is 0.874. The first-order valence-electron chi connectivity index (χ1n) is 3.57. The van der Waals surface area contributed by atoms with Crippen LogP contribution in [0.3, 0.4) is 0 Å². The van der Waals surface area contributed by atoms with Crippen molar-refractivity contribution in [1.82, 2.24) is 5.41 Å². The highest BCUT2D eigenvalue weighted by Gasteiger charge is 1.96. The van der Waals surface area contributed by atoms with Crippen molar-refractivity contribution in [2.24, 2.45) is 0 Å². The molecule has 0 aromatic heterocycles. The summed E-state index contributed by atoms with van der Waals surface area (Å²) in [6.45, 7) is 2.53. The van der Waals surface area contributed by atoms with Crippen LogP contribution in [0.4, 0.5) is 0 Å². The van der Waals surface area contributed by atoms with Gasteiger partial charge in [-0.15, -0.1) is 0 Å². The van der Waals surface area contributed by atoms with Gasteiger partial charge in [-0.3, -0.25) is 0 Å². The van der Waals surface area contributed by atoms with E-state index < -0.39 is 0 Å². The van der Waals surface area contributed by atoms with Crippen LogP contribution in [0, 0.1) is 0 Å². The quantitative estimate of drug-likeness (QED) is 0.594. The molecule has 1 radical (unpaired) electrons. The number of hydrogen-bond donors (Lipinski definition) is 0. The largest absolute Gasteiger partial charge is 0.493 e. The van der Waals surface area contributed by atoms with Gasteiger partial charge in [0.15, 0.2) is 0 Å². The van der Waals surface area contributed by atoms with E-state index in [1.807, 2.05) is 25.1 Å². The van der Waals surface area contributed by atoms with Crippen LogP contribution >= 0.6 is 0 Å². The first-order chi connectivity index (χ1) is 5.38. The molecular formula is C9H10NO. The number of nitrogens with zero attached hydrogens (tertiary/aromatic N) is 1. The third kappa shape index (κ3) is 1.80. The molecule has 0 aliphatic rings. The molecular weight excluding hydrogens is 138 g/mol. The second-order valence-electron chi connectivity index (χ2n) is 2.10. The second-order valence-corrected chi connectivity index (χ2v) is 2.10. The van der Waals surface area contributed by atoms with E-state index in [1.54, 1.807) is 6.07 Å². The standard InChI is InChI=1S/C9H10NO/c1-2-11-9-6-4-3-5-8(9)7-10/h3-7H,2H2,1H3. The lowest BCUT2D eigenvalue weighted by Gasteiger charge is -2.04. The first kappa shape index (κ1) is 7.79. The topological polar surface area (TPSA) is 31.5 Å². The molecule has 1 aromatic rings. The number of ether oxygens (including phenoxy) is 1. The number of benzene rings is 1. The molecule has 0 aliphatic carbocycles. The summed E-state index contributed by atoms with van der Waals surface area (Å²) < 4.78 is 5.24. The fraction of sp³-hybridized carbons (Fsp3) is 0.222. The van der Waals surface area contributed by atoms with Crippen molar-refractivity contribution < 1.29 is 4.74 Å². The highest BCUT2D eigenvalue weighted by Crippen LogP contribution is 2.14. The zero-order valence-corrected chi connectivity index (χ0v) is 6.45. The van der Waals surface area contributed by atoms with Crippen LogP contribution in [-0.2, 0) is 0 Å². The summed E-state index contributed by atoms with van der Waals surface area (Å²) in [7, 11) is 0. The molecule has 2 heteroatoms. The Morgan fingerprint density at radius 1 is 1.45 bits per heavy atom. The molecule has 0 amide bonds. The van der Waals surface area contributed by atoms with Gasteiger partial charge in [0.25, 0.3) is 0 Å². The summed E-state index contributed by atoms with van der Waals surface area (Å²) in [4.78, 5) is 0. The van der Waals surface area contributed by atoms with Crippen molar-refractivity contribution in [1.29, 1.82) is 0 Å². The van der Waals surface area contributed by atoms with Crippen molar-refractivity contribution in [3.05, 3.63) is 29.8 Å². The lowest BCUT2D eigenvalue weighted by Crippen LogP contribution is -1.95. The Labute approximate surface area is 66.3 Å². The molecule has 0 atom stereocenters. The minimum atomic E-state index is 0.616. The Morgan fingerprint density at radius 2 is 2.18 bits per heavy atom. The van der Waals surface area contributed by atoms with Crippen molar-refractivity contribution in [3.8, 4) is 5.75 Å². The smallest absolute Gasteiger partial charge is 0.128 e. The van der Waals surface area contributed by atoms with Gasteiger partial charge in [0.05, 0.1) is 12.8 Å². The minimum Gasteiger partial charge on any atom is -0.493 e. The van der Waals surface area contributed by atoms with E-state index in [0.717, 1.165) is 12.0 Å². The van der Waals surface area contributed by atoms with E-state index in [4.69, 9.17) is 10.1 Å². The molecule has 2 nitrogen and oxygen atoms in total. The SMILES string of the molecule is CCOc1ccccc1C=[N]. The Morgan fingerprint density at radius 3 is 2.82 bits per heavy atom. The summed E-state index contributed by atoms with van der Waals surface area (Å²) in [5, 5.41) is 8.74. The molecule has 57 valence electrons. The second kappa shape index (κ2) is 3.76. The average molecular weight is 148 g/mol. The highest BCUT2D eigenvalue weighted by molar-refractivity contribution is 5.81. The maximum atomic E-state index is 8.74. The molecule has 0 fully saturated rings. The fourth-order valence-electron chi connectivity index (χ4n) is 0.874. The van der Waals surface area contributed by atoms with Crippen molar-refractivity contribution in [2.75, 3.05) is 6.61 Å². The van der Waals surface area contributed by atoms with Crippen LogP contribution in [0.2, 0.25) is 0 Å². The van der Waals surface area contributed by atoms with Crippen LogP contribution < -0.4 is 10.1 Å². The van der Waals surface area contributed by atoms with E-state index in [2.05, 4.69) is 0 Å². The molecule has 1 aromatic carbocycles. The van der Waals surface area contributed by atoms with Gasteiger partial charge in [-0.25, -0.2) is 0 Å². The average Bonchev–Trinajstić information content (AvgIpc) is 2.06. The minimum absolute atomic E-state index is 0.616. The van der Waals surface area contributed by atoms with Gasteiger partial charge in [0.2, 0.25) is 0 Å². The van der Waals surface area contributed by atoms with E-state index >= 15 is 0 Å². The van der Waals surface area contributed by atoms with Gasteiger partial charge < -0.3 is 4.74 Å². The normalized spacial score (nSPS) is 9.18. The lowest BCUT2D eigenvalue weighted by atomic mass is 10.2. The third-order valence-electron chi connectivity index (χ3n) is 1.36. The molecule has 0 spiro atoms. The van der Waals surface area contributed by atoms with Gasteiger partial charge >= 0.3 is 0 Å². The maximum absolute atomic E-state index is 8.74. The number of hydrogen-bond acceptors (Lipinski definition) is 1. The van der Waals surface area contributed by atoms with Crippen molar-refractivity contribution >= 4 is 6.21 Å². The Hall–Kier alpha value is -1.31. The number of rotatable bonds is 3. The molecule has 0 saturated heterocycles. The van der Waals surface area contributed by atoms with Crippen molar-refractivity contribution in [2.45, 2.75) is 6.92 Å². The van der Waals surface area contributed by atoms with Gasteiger partial charge in [-0.1, -0.05) is 12.1 Å². The Kier molecular flexibility index (Phi) is 2.66. The molecule has 0 bridgehead atoms. The number of para-hydroxylation sites is 1. The lowest BCUT2D eigenvalue weighted by molar-refractivity contribution is 0.340. The molecule has 0 N–H and O–H groups in total. The van der Waals surface area contributed by atoms with Gasteiger partial charge in [0, 0.05) is 5.56 Å². The molecule has 0 saturated carbocycles. The van der Waals surface area contributed by atoms with Gasteiger partial charge in [0.1, 0.15) is 5.75 Å². The zero-order chi connectivity index (χ0) is 8.10. The zero-order valence-electron chi connectivity index (χ0n) is 6.45. The molecule has 0 heterocycles. The molecule has 11 heavy (non-hydrogen) atoms. The highest BCUT2D eigenvalue weighted by atomic mass is 16.5. The molecule has 0 aliphatic heterocycles. The summed E-state index contributed by atoms with van der Waals surface area (Å²) in [6, 6.07) is 7.35. The summed E-state index contributed by atoms with van der Waals surface area (Å²) in [5.41, 5.74) is 0.717. The third-order valence-corrected chi connectivity index (χ3v) is 1.36. The Bertz CT molecular complexity index is 245. The van der Waals surface area contributed by atoms with E-state index in [0.29, 0.717) is 12.2 Å². The van der Waals surface area contributed by atoms with Gasteiger partial charge in [-0.2, -0.15) is 5.41 Å². The van der Waals surface area contributed by atoms with Crippen molar-refractivity contribution in [3.63, 3.8) is 0 Å². The summed E-state index contributed by atoms with van der Waals surface area (Å²) >= 11 is 0. The van der Waals surface area contributed by atoms with Crippen LogP contribution in [-0.4, -0.2) is 12.8 Å². The predicted molar refractivity (Wildman–Crippen MR) is 44.9 cm³/mol. The maximum Gasteiger partial charge on any atom is 0.128 e.